The quantitative estimate of drug-likeness (QED) is 0.596. The summed E-state index contributed by atoms with van der Waals surface area (Å²) >= 11 is 0. The van der Waals surface area contributed by atoms with Gasteiger partial charge in [0.2, 0.25) is 11.6 Å². The Hall–Kier alpha value is -3.28. The summed E-state index contributed by atoms with van der Waals surface area (Å²) in [6.45, 7) is 7.27. The van der Waals surface area contributed by atoms with Crippen LogP contribution in [-0.2, 0) is 23.6 Å². The van der Waals surface area contributed by atoms with E-state index in [4.69, 9.17) is 20.3 Å². The van der Waals surface area contributed by atoms with Gasteiger partial charge in [0.1, 0.15) is 11.4 Å². The lowest BCUT2D eigenvalue weighted by atomic mass is 10.2. The molecule has 2 aromatic rings. The highest BCUT2D eigenvalue weighted by atomic mass is 35.5. The van der Waals surface area contributed by atoms with Gasteiger partial charge in [0.15, 0.2) is 5.82 Å². The van der Waals surface area contributed by atoms with Crippen LogP contribution in [0, 0.1) is 0 Å². The smallest absolute Gasteiger partial charge is 0.413 e. The minimum atomic E-state index is -1.16. The molecule has 0 bridgehead atoms. The molecule has 13 heteroatoms. The van der Waals surface area contributed by atoms with Gasteiger partial charge in [-0.1, -0.05) is 0 Å². The number of carboxylic acids is 1. The molecular formula is C17H27ClN6O6. The molecule has 0 saturated carbocycles. The van der Waals surface area contributed by atoms with Crippen molar-refractivity contribution in [1.29, 1.82) is 0 Å². The number of esters is 1. The van der Waals surface area contributed by atoms with Gasteiger partial charge >= 0.3 is 18.0 Å². The number of aryl methyl sites for hydroxylation is 2. The largest absolute Gasteiger partial charge is 0.475 e. The molecule has 0 aliphatic heterocycles. The Bertz CT molecular complexity index is 886. The number of nitrogens with two attached hydrogens (primary N) is 1. The number of halogens is 1. The zero-order valence-electron chi connectivity index (χ0n) is 17.6. The molecule has 0 radical (unpaired) electrons. The summed E-state index contributed by atoms with van der Waals surface area (Å²) in [6.07, 6.45) is 2.28. The lowest BCUT2D eigenvalue weighted by Gasteiger charge is -2.18. The van der Waals surface area contributed by atoms with E-state index >= 15 is 0 Å². The Morgan fingerprint density at radius 3 is 2.10 bits per heavy atom. The maximum Gasteiger partial charge on any atom is 0.413 e. The number of aromatic nitrogens is 4. The summed E-state index contributed by atoms with van der Waals surface area (Å²) in [5.74, 6) is -1.08. The number of nitrogen functional groups attached to an aromatic ring is 1. The Kier molecular flexibility index (Phi) is 9.84. The topological polar surface area (TPSA) is 164 Å². The second-order valence-electron chi connectivity index (χ2n) is 6.81. The molecule has 1 amide bonds. The number of amides is 1. The van der Waals surface area contributed by atoms with Crippen LogP contribution in [0.1, 0.15) is 48.9 Å². The molecule has 0 aliphatic rings. The van der Waals surface area contributed by atoms with E-state index in [9.17, 15) is 14.4 Å². The first-order chi connectivity index (χ1) is 13.3. The number of aromatic carboxylic acids is 1. The molecule has 0 aromatic carbocycles. The molecule has 0 aliphatic carbocycles. The van der Waals surface area contributed by atoms with E-state index in [0.29, 0.717) is 12.4 Å². The van der Waals surface area contributed by atoms with Crippen molar-refractivity contribution in [3.63, 3.8) is 0 Å². The summed E-state index contributed by atoms with van der Waals surface area (Å²) in [5.41, 5.74) is 4.76. The van der Waals surface area contributed by atoms with Crippen molar-refractivity contribution in [3.05, 3.63) is 24.0 Å². The molecule has 2 rings (SSSR count). The Labute approximate surface area is 179 Å². The summed E-state index contributed by atoms with van der Waals surface area (Å²) in [4.78, 5) is 40.8. The van der Waals surface area contributed by atoms with E-state index < -0.39 is 23.6 Å². The molecule has 0 atom stereocenters. The molecule has 2 aromatic heterocycles. The third-order valence-electron chi connectivity index (χ3n) is 3.05. The highest BCUT2D eigenvalue weighted by Gasteiger charge is 2.18. The van der Waals surface area contributed by atoms with Gasteiger partial charge in [0, 0.05) is 26.5 Å². The molecule has 168 valence electrons. The number of hydrogen-bond acceptors (Lipinski definition) is 8. The number of carboxylic acid groups (broad SMARTS) is 1. The van der Waals surface area contributed by atoms with Crippen molar-refractivity contribution < 1.29 is 29.0 Å². The standard InChI is InChI=1S/C10H15N3O4.C7H11N3O2.ClH/c1-10(2,3)17-9(16)12-6-5-13(4)7(11-6)8(14)15;1-3-12-7(11)6-9-5(8)4-10(6)2;/h5H,1-4H3,(H,12,16)(H,14,15);4H,3,8H2,1-2H3;1H. The van der Waals surface area contributed by atoms with Crippen LogP contribution >= 0.6 is 12.4 Å². The highest BCUT2D eigenvalue weighted by Crippen LogP contribution is 2.11. The molecular weight excluding hydrogens is 420 g/mol. The fraction of sp³-hybridized carbons (Fsp3) is 0.471. The van der Waals surface area contributed by atoms with Gasteiger partial charge in [0.05, 0.1) is 6.61 Å². The van der Waals surface area contributed by atoms with Crippen molar-refractivity contribution in [1.82, 2.24) is 19.1 Å². The maximum absolute atomic E-state index is 11.4. The SMILES string of the molecule is CCOC(=O)c1nc(N)cn1C.Cl.Cn1cc(NC(=O)OC(C)(C)C)nc1C(=O)O. The number of nitrogens with zero attached hydrogens (tertiary/aromatic N) is 4. The Morgan fingerprint density at radius 1 is 1.13 bits per heavy atom. The van der Waals surface area contributed by atoms with Crippen LogP contribution in [0.2, 0.25) is 0 Å². The molecule has 0 spiro atoms. The molecule has 0 saturated heterocycles. The number of carbonyl (C=O) groups excluding carboxylic acids is 2. The van der Waals surface area contributed by atoms with E-state index in [1.54, 1.807) is 40.9 Å². The third kappa shape index (κ3) is 8.39. The van der Waals surface area contributed by atoms with Gasteiger partial charge in [-0.2, -0.15) is 0 Å². The maximum atomic E-state index is 11.4. The van der Waals surface area contributed by atoms with Crippen LogP contribution in [-0.4, -0.2) is 54.4 Å². The number of anilines is 2. The second kappa shape index (κ2) is 11.0. The van der Waals surface area contributed by atoms with Gasteiger partial charge in [0.25, 0.3) is 0 Å². The van der Waals surface area contributed by atoms with E-state index in [2.05, 4.69) is 15.3 Å². The molecule has 2 heterocycles. The first kappa shape index (κ1) is 26.7. The van der Waals surface area contributed by atoms with Crippen molar-refractivity contribution in [2.75, 3.05) is 17.7 Å². The lowest BCUT2D eigenvalue weighted by Crippen LogP contribution is -2.27. The van der Waals surface area contributed by atoms with Crippen LogP contribution < -0.4 is 11.1 Å². The Balaban J connectivity index is 0.000000573. The number of carbonyl (C=O) groups is 3. The molecule has 12 nitrogen and oxygen atoms in total. The molecule has 0 unspecified atom stereocenters. The van der Waals surface area contributed by atoms with E-state index in [-0.39, 0.29) is 29.9 Å². The van der Waals surface area contributed by atoms with Crippen LogP contribution in [0.5, 0.6) is 0 Å². The fourth-order valence-corrected chi connectivity index (χ4v) is 2.01. The minimum Gasteiger partial charge on any atom is -0.475 e. The third-order valence-corrected chi connectivity index (χ3v) is 3.05. The first-order valence-corrected chi connectivity index (χ1v) is 8.56. The summed E-state index contributed by atoms with van der Waals surface area (Å²) in [5, 5.41) is 11.1. The second-order valence-corrected chi connectivity index (χ2v) is 6.81. The summed E-state index contributed by atoms with van der Waals surface area (Å²) in [7, 11) is 3.21. The monoisotopic (exact) mass is 446 g/mol. The average molecular weight is 447 g/mol. The molecule has 30 heavy (non-hydrogen) atoms. The Morgan fingerprint density at radius 2 is 1.70 bits per heavy atom. The fourth-order valence-electron chi connectivity index (χ4n) is 2.01. The summed E-state index contributed by atoms with van der Waals surface area (Å²) in [6, 6.07) is 0. The zero-order valence-corrected chi connectivity index (χ0v) is 18.4. The predicted octanol–water partition coefficient (Wildman–Crippen LogP) is 2.07. The van der Waals surface area contributed by atoms with E-state index in [0.717, 1.165) is 0 Å². The summed E-state index contributed by atoms with van der Waals surface area (Å²) < 4.78 is 12.6. The van der Waals surface area contributed by atoms with Crippen molar-refractivity contribution in [3.8, 4) is 0 Å². The minimum absolute atomic E-state index is 0. The molecule has 0 fully saturated rings. The van der Waals surface area contributed by atoms with Gasteiger partial charge < -0.3 is 29.4 Å². The number of imidazole rings is 2. The van der Waals surface area contributed by atoms with E-state index in [1.807, 2.05) is 0 Å². The van der Waals surface area contributed by atoms with Crippen molar-refractivity contribution >= 4 is 42.1 Å². The number of nitrogens with one attached hydrogen (secondary N) is 1. The van der Waals surface area contributed by atoms with Crippen LogP contribution in [0.3, 0.4) is 0 Å². The number of ether oxygens (including phenoxy) is 2. The van der Waals surface area contributed by atoms with E-state index in [1.165, 1.54) is 22.4 Å². The predicted molar refractivity (Wildman–Crippen MR) is 111 cm³/mol. The van der Waals surface area contributed by atoms with Gasteiger partial charge in [-0.15, -0.1) is 12.4 Å². The average Bonchev–Trinajstić information content (AvgIpc) is 3.08. The first-order valence-electron chi connectivity index (χ1n) is 8.56. The van der Waals surface area contributed by atoms with Gasteiger partial charge in [-0.25, -0.2) is 24.4 Å². The molecule has 4 N–H and O–H groups in total. The normalized spacial score (nSPS) is 10.2. The van der Waals surface area contributed by atoms with Crippen LogP contribution in [0.15, 0.2) is 12.4 Å². The van der Waals surface area contributed by atoms with Crippen LogP contribution in [0.25, 0.3) is 0 Å². The highest BCUT2D eigenvalue weighted by molar-refractivity contribution is 5.87. The number of rotatable bonds is 4. The van der Waals surface area contributed by atoms with Crippen molar-refractivity contribution in [2.24, 2.45) is 14.1 Å². The lowest BCUT2D eigenvalue weighted by molar-refractivity contribution is 0.0506. The van der Waals surface area contributed by atoms with Crippen LogP contribution in [0.4, 0.5) is 16.4 Å². The number of hydrogen-bond donors (Lipinski definition) is 3. The van der Waals surface area contributed by atoms with Gasteiger partial charge in [-0.3, -0.25) is 5.32 Å². The van der Waals surface area contributed by atoms with Gasteiger partial charge in [-0.05, 0) is 27.7 Å². The zero-order chi connectivity index (χ0) is 22.4. The van der Waals surface area contributed by atoms with Crippen molar-refractivity contribution in [2.45, 2.75) is 33.3 Å².